The van der Waals surface area contributed by atoms with Crippen molar-refractivity contribution >= 4 is 5.91 Å². The molecule has 110 valence electrons. The Bertz CT molecular complexity index is 329. The molecule has 19 heavy (non-hydrogen) atoms. The Labute approximate surface area is 118 Å². The van der Waals surface area contributed by atoms with Gasteiger partial charge < -0.3 is 4.90 Å². The fourth-order valence-corrected chi connectivity index (χ4v) is 3.78. The molecule has 0 aromatic rings. The highest BCUT2D eigenvalue weighted by Crippen LogP contribution is 2.38. The van der Waals surface area contributed by atoms with E-state index in [0.29, 0.717) is 23.8 Å². The van der Waals surface area contributed by atoms with Crippen LogP contribution in [0.2, 0.25) is 0 Å². The molecule has 5 unspecified atom stereocenters. The average molecular weight is 266 g/mol. The maximum atomic E-state index is 12.7. The highest BCUT2D eigenvalue weighted by molar-refractivity contribution is 5.84. The number of hydrogen-bond acceptors (Lipinski definition) is 2. The summed E-state index contributed by atoms with van der Waals surface area (Å²) in [7, 11) is 0. The second kappa shape index (κ2) is 5.82. The van der Waals surface area contributed by atoms with Crippen LogP contribution in [0, 0.1) is 17.8 Å². The van der Waals surface area contributed by atoms with Crippen molar-refractivity contribution in [2.45, 2.75) is 78.6 Å². The molecular weight excluding hydrogens is 236 g/mol. The monoisotopic (exact) mass is 266 g/mol. The second-order valence-corrected chi connectivity index (χ2v) is 6.92. The van der Waals surface area contributed by atoms with Crippen LogP contribution >= 0.6 is 0 Å². The smallest absolute Gasteiger partial charge is 0.241 e. The number of nitrogens with one attached hydrogen (secondary N) is 1. The van der Waals surface area contributed by atoms with Crippen molar-refractivity contribution in [3.8, 4) is 0 Å². The quantitative estimate of drug-likeness (QED) is 0.848. The first-order valence-electron chi connectivity index (χ1n) is 8.05. The molecule has 1 aliphatic carbocycles. The Hall–Kier alpha value is -0.570. The summed E-state index contributed by atoms with van der Waals surface area (Å²) in [6, 6.07) is 0.504. The highest BCUT2D eigenvalue weighted by atomic mass is 16.2. The van der Waals surface area contributed by atoms with Crippen LogP contribution in [0.15, 0.2) is 0 Å². The fourth-order valence-electron chi connectivity index (χ4n) is 3.78. The topological polar surface area (TPSA) is 32.3 Å². The number of hydrogen-bond donors (Lipinski definition) is 1. The Morgan fingerprint density at radius 2 is 2.00 bits per heavy atom. The molecule has 5 atom stereocenters. The van der Waals surface area contributed by atoms with E-state index in [1.54, 1.807) is 0 Å². The van der Waals surface area contributed by atoms with Gasteiger partial charge in [0.2, 0.25) is 5.91 Å². The second-order valence-electron chi connectivity index (χ2n) is 6.92. The van der Waals surface area contributed by atoms with E-state index in [0.717, 1.165) is 18.8 Å². The minimum atomic E-state index is 0.0560. The van der Waals surface area contributed by atoms with Crippen molar-refractivity contribution in [3.05, 3.63) is 0 Å². The molecule has 2 rings (SSSR count). The van der Waals surface area contributed by atoms with Gasteiger partial charge in [-0.25, -0.2) is 0 Å². The minimum absolute atomic E-state index is 0.0560. The van der Waals surface area contributed by atoms with Crippen LogP contribution in [0.1, 0.15) is 60.3 Å². The van der Waals surface area contributed by atoms with Crippen LogP contribution in [0.25, 0.3) is 0 Å². The molecular formula is C16H30N2O. The lowest BCUT2D eigenvalue weighted by atomic mass is 9.95. The Morgan fingerprint density at radius 3 is 2.47 bits per heavy atom. The van der Waals surface area contributed by atoms with E-state index in [9.17, 15) is 4.79 Å². The summed E-state index contributed by atoms with van der Waals surface area (Å²) >= 11 is 0. The van der Waals surface area contributed by atoms with Crippen LogP contribution in [0.4, 0.5) is 0 Å². The summed E-state index contributed by atoms with van der Waals surface area (Å²) in [5, 5.41) is 3.58. The number of rotatable bonds is 4. The number of amides is 1. The van der Waals surface area contributed by atoms with E-state index >= 15 is 0 Å². The van der Waals surface area contributed by atoms with Gasteiger partial charge in [0.1, 0.15) is 0 Å². The number of nitrogens with zero attached hydrogens (tertiary/aromatic N) is 1. The van der Waals surface area contributed by atoms with Gasteiger partial charge in [0, 0.05) is 6.04 Å². The van der Waals surface area contributed by atoms with Gasteiger partial charge in [0.05, 0.1) is 12.2 Å². The SMILES string of the molecule is CCCC1NC(C(C)C)N(C2CCC(C)C2C)C1=O. The van der Waals surface area contributed by atoms with Gasteiger partial charge in [-0.05, 0) is 37.0 Å². The molecule has 0 spiro atoms. The third-order valence-electron chi connectivity index (χ3n) is 5.21. The van der Waals surface area contributed by atoms with Gasteiger partial charge >= 0.3 is 0 Å². The van der Waals surface area contributed by atoms with Crippen LogP contribution in [0.3, 0.4) is 0 Å². The summed E-state index contributed by atoms with van der Waals surface area (Å²) in [6.07, 6.45) is 4.71. The predicted octanol–water partition coefficient (Wildman–Crippen LogP) is 3.00. The lowest BCUT2D eigenvalue weighted by Crippen LogP contribution is -2.48. The van der Waals surface area contributed by atoms with E-state index < -0.39 is 0 Å². The molecule has 2 fully saturated rings. The largest absolute Gasteiger partial charge is 0.322 e. The molecule has 0 radical (unpaired) electrons. The van der Waals surface area contributed by atoms with Gasteiger partial charge in [-0.3, -0.25) is 10.1 Å². The molecule has 1 heterocycles. The molecule has 3 heteroatoms. The molecule has 3 nitrogen and oxygen atoms in total. The standard InChI is InChI=1S/C16H30N2O/c1-6-7-13-16(19)18(15(17-13)10(2)3)14-9-8-11(4)12(14)5/h10-15,17H,6-9H2,1-5H3. The Morgan fingerprint density at radius 1 is 1.32 bits per heavy atom. The van der Waals surface area contributed by atoms with Crippen molar-refractivity contribution in [1.29, 1.82) is 0 Å². The fraction of sp³-hybridized carbons (Fsp3) is 0.938. The first-order chi connectivity index (χ1) is 8.97. The van der Waals surface area contributed by atoms with Gasteiger partial charge in [-0.2, -0.15) is 0 Å². The van der Waals surface area contributed by atoms with Gasteiger partial charge in [-0.15, -0.1) is 0 Å². The molecule has 1 amide bonds. The molecule has 0 aromatic heterocycles. The van der Waals surface area contributed by atoms with Gasteiger partial charge in [0.25, 0.3) is 0 Å². The minimum Gasteiger partial charge on any atom is -0.322 e. The molecule has 1 aliphatic heterocycles. The number of carbonyl (C=O) groups is 1. The molecule has 2 aliphatic rings. The zero-order valence-corrected chi connectivity index (χ0v) is 13.1. The first-order valence-corrected chi connectivity index (χ1v) is 8.05. The third kappa shape index (κ3) is 2.67. The van der Waals surface area contributed by atoms with Crippen LogP contribution < -0.4 is 5.32 Å². The maximum absolute atomic E-state index is 12.7. The summed E-state index contributed by atoms with van der Waals surface area (Å²) < 4.78 is 0. The maximum Gasteiger partial charge on any atom is 0.241 e. The van der Waals surface area contributed by atoms with E-state index in [1.165, 1.54) is 12.8 Å². The predicted molar refractivity (Wildman–Crippen MR) is 78.7 cm³/mol. The van der Waals surface area contributed by atoms with Crippen molar-refractivity contribution < 1.29 is 4.79 Å². The van der Waals surface area contributed by atoms with Crippen molar-refractivity contribution in [2.75, 3.05) is 0 Å². The van der Waals surface area contributed by atoms with Gasteiger partial charge in [0.15, 0.2) is 0 Å². The van der Waals surface area contributed by atoms with Crippen molar-refractivity contribution in [3.63, 3.8) is 0 Å². The van der Waals surface area contributed by atoms with Gasteiger partial charge in [-0.1, -0.05) is 41.0 Å². The first kappa shape index (κ1) is 14.8. The van der Waals surface area contributed by atoms with E-state index in [-0.39, 0.29) is 12.2 Å². The van der Waals surface area contributed by atoms with Crippen molar-refractivity contribution in [1.82, 2.24) is 10.2 Å². The average Bonchev–Trinajstić information content (AvgIpc) is 2.84. The zero-order chi connectivity index (χ0) is 14.2. The summed E-state index contributed by atoms with van der Waals surface area (Å²) in [4.78, 5) is 14.9. The summed E-state index contributed by atoms with van der Waals surface area (Å²) in [5.74, 6) is 2.21. The zero-order valence-electron chi connectivity index (χ0n) is 13.1. The normalized spacial score (nSPS) is 39.6. The van der Waals surface area contributed by atoms with Crippen LogP contribution in [0.5, 0.6) is 0 Å². The lowest BCUT2D eigenvalue weighted by Gasteiger charge is -2.35. The highest BCUT2D eigenvalue weighted by Gasteiger charge is 2.46. The Kier molecular flexibility index (Phi) is 4.54. The van der Waals surface area contributed by atoms with Crippen LogP contribution in [-0.4, -0.2) is 29.1 Å². The lowest BCUT2D eigenvalue weighted by molar-refractivity contribution is -0.133. The summed E-state index contributed by atoms with van der Waals surface area (Å²) in [6.45, 7) is 11.2. The van der Waals surface area contributed by atoms with E-state index in [1.807, 2.05) is 0 Å². The molecule has 1 N–H and O–H groups in total. The Balaban J connectivity index is 2.18. The van der Waals surface area contributed by atoms with Crippen molar-refractivity contribution in [2.24, 2.45) is 17.8 Å². The number of carbonyl (C=O) groups excluding carboxylic acids is 1. The molecule has 0 aromatic carbocycles. The summed E-state index contributed by atoms with van der Waals surface area (Å²) in [5.41, 5.74) is 0. The van der Waals surface area contributed by atoms with Crippen LogP contribution in [-0.2, 0) is 4.79 Å². The van der Waals surface area contributed by atoms with E-state index in [4.69, 9.17) is 0 Å². The molecule has 1 saturated carbocycles. The van der Waals surface area contributed by atoms with E-state index in [2.05, 4.69) is 44.8 Å². The molecule has 1 saturated heterocycles. The third-order valence-corrected chi connectivity index (χ3v) is 5.21. The molecule has 0 bridgehead atoms.